The Morgan fingerprint density at radius 3 is 2.67 bits per heavy atom. The molecule has 0 saturated carbocycles. The number of carbonyl (C=O) groups is 2. The number of ether oxygens (including phenoxy) is 2. The lowest BCUT2D eigenvalue weighted by atomic mass is 9.93. The molecule has 2 aromatic carbocycles. The van der Waals surface area contributed by atoms with Gasteiger partial charge in [-0.05, 0) is 41.0 Å². The van der Waals surface area contributed by atoms with E-state index in [1.54, 1.807) is 17.0 Å². The van der Waals surface area contributed by atoms with Gasteiger partial charge in [0, 0.05) is 19.5 Å². The van der Waals surface area contributed by atoms with Crippen LogP contribution in [0.3, 0.4) is 0 Å². The first-order chi connectivity index (χ1) is 14.7. The van der Waals surface area contributed by atoms with Gasteiger partial charge >= 0.3 is 0 Å². The molecule has 0 saturated heterocycles. The van der Waals surface area contributed by atoms with Crippen LogP contribution in [0.2, 0.25) is 0 Å². The Hall–Kier alpha value is -3.74. The highest BCUT2D eigenvalue weighted by Gasteiger charge is 2.35. The highest BCUT2D eigenvalue weighted by molar-refractivity contribution is 5.96. The average molecular weight is 404 g/mol. The lowest BCUT2D eigenvalue weighted by Gasteiger charge is -2.35. The largest absolute Gasteiger partial charge is 0.459 e. The molecule has 2 amide bonds. The normalized spacial score (nSPS) is 16.8. The lowest BCUT2D eigenvalue weighted by Crippen LogP contribution is -2.52. The van der Waals surface area contributed by atoms with E-state index in [4.69, 9.17) is 13.9 Å². The molecule has 0 spiro atoms. The molecule has 7 heteroatoms. The number of furan rings is 1. The zero-order valence-electron chi connectivity index (χ0n) is 16.2. The zero-order chi connectivity index (χ0) is 20.5. The van der Waals surface area contributed by atoms with E-state index in [2.05, 4.69) is 5.32 Å². The van der Waals surface area contributed by atoms with Gasteiger partial charge in [0.25, 0.3) is 5.91 Å². The van der Waals surface area contributed by atoms with E-state index in [9.17, 15) is 9.59 Å². The highest BCUT2D eigenvalue weighted by atomic mass is 16.7. The van der Waals surface area contributed by atoms with Crippen LogP contribution < -0.4 is 14.8 Å². The topological polar surface area (TPSA) is 81.0 Å². The fourth-order valence-electron chi connectivity index (χ4n) is 3.87. The van der Waals surface area contributed by atoms with Gasteiger partial charge < -0.3 is 24.1 Å². The first-order valence-corrected chi connectivity index (χ1v) is 9.76. The third kappa shape index (κ3) is 3.39. The van der Waals surface area contributed by atoms with Gasteiger partial charge in [0.05, 0.1) is 6.26 Å². The molecule has 0 unspecified atom stereocenters. The number of fused-ring (bicyclic) bond motifs is 2. The summed E-state index contributed by atoms with van der Waals surface area (Å²) in [5.74, 6) is 1.09. The predicted octanol–water partition coefficient (Wildman–Crippen LogP) is 2.89. The second kappa shape index (κ2) is 7.59. The van der Waals surface area contributed by atoms with Crippen molar-refractivity contribution >= 4 is 11.8 Å². The molecule has 3 aromatic rings. The number of hydrogen-bond donors (Lipinski definition) is 1. The van der Waals surface area contributed by atoms with E-state index in [0.717, 1.165) is 16.7 Å². The fourth-order valence-corrected chi connectivity index (χ4v) is 3.87. The maximum atomic E-state index is 13.1. The van der Waals surface area contributed by atoms with E-state index in [1.165, 1.54) is 6.26 Å². The molecule has 30 heavy (non-hydrogen) atoms. The number of amides is 2. The third-order valence-corrected chi connectivity index (χ3v) is 5.45. The highest BCUT2D eigenvalue weighted by Crippen LogP contribution is 2.32. The molecular weight excluding hydrogens is 384 g/mol. The number of hydrogen-bond acceptors (Lipinski definition) is 5. The van der Waals surface area contributed by atoms with Crippen molar-refractivity contribution in [1.82, 2.24) is 10.2 Å². The van der Waals surface area contributed by atoms with E-state index in [1.807, 2.05) is 42.5 Å². The minimum absolute atomic E-state index is 0.205. The van der Waals surface area contributed by atoms with Gasteiger partial charge in [-0.1, -0.05) is 30.3 Å². The second-order valence-electron chi connectivity index (χ2n) is 7.30. The third-order valence-electron chi connectivity index (χ3n) is 5.45. The molecule has 152 valence electrons. The summed E-state index contributed by atoms with van der Waals surface area (Å²) in [7, 11) is 0. The molecule has 0 bridgehead atoms. The molecule has 2 aliphatic rings. The first kappa shape index (κ1) is 18.3. The zero-order valence-corrected chi connectivity index (χ0v) is 16.2. The van der Waals surface area contributed by atoms with Gasteiger partial charge in [-0.15, -0.1) is 0 Å². The van der Waals surface area contributed by atoms with Gasteiger partial charge in [0.2, 0.25) is 12.7 Å². The van der Waals surface area contributed by atoms with Crippen molar-refractivity contribution in [3.05, 3.63) is 83.3 Å². The van der Waals surface area contributed by atoms with Crippen LogP contribution in [-0.4, -0.2) is 29.5 Å². The Morgan fingerprint density at radius 2 is 1.83 bits per heavy atom. The Labute approximate surface area is 173 Å². The van der Waals surface area contributed by atoms with Crippen molar-refractivity contribution in [3.8, 4) is 11.5 Å². The Balaban J connectivity index is 1.35. The van der Waals surface area contributed by atoms with Crippen LogP contribution in [0.4, 0.5) is 0 Å². The van der Waals surface area contributed by atoms with E-state index < -0.39 is 6.04 Å². The van der Waals surface area contributed by atoms with Crippen molar-refractivity contribution in [2.45, 2.75) is 25.6 Å². The average Bonchev–Trinajstić information content (AvgIpc) is 3.47. The summed E-state index contributed by atoms with van der Waals surface area (Å²) in [5, 5.41) is 2.96. The van der Waals surface area contributed by atoms with Crippen LogP contribution in [0.25, 0.3) is 0 Å². The van der Waals surface area contributed by atoms with Gasteiger partial charge in [-0.2, -0.15) is 0 Å². The molecule has 0 aliphatic carbocycles. The summed E-state index contributed by atoms with van der Waals surface area (Å²) in [5.41, 5.74) is 3.01. The summed E-state index contributed by atoms with van der Waals surface area (Å²) in [6.07, 6.45) is 1.91. The number of nitrogens with zero attached hydrogens (tertiary/aromatic N) is 1. The summed E-state index contributed by atoms with van der Waals surface area (Å²) < 4.78 is 16.0. The van der Waals surface area contributed by atoms with Crippen LogP contribution in [-0.2, 0) is 24.3 Å². The number of carbonyl (C=O) groups excluding carboxylic acids is 2. The Bertz CT molecular complexity index is 1090. The minimum atomic E-state index is -0.619. The molecule has 0 fully saturated rings. The van der Waals surface area contributed by atoms with Crippen molar-refractivity contribution in [2.75, 3.05) is 6.79 Å². The molecule has 1 atom stereocenters. The van der Waals surface area contributed by atoms with Crippen LogP contribution >= 0.6 is 0 Å². The van der Waals surface area contributed by atoms with Gasteiger partial charge in [-0.3, -0.25) is 9.59 Å². The number of benzene rings is 2. The van der Waals surface area contributed by atoms with Crippen LogP contribution in [0.5, 0.6) is 11.5 Å². The summed E-state index contributed by atoms with van der Waals surface area (Å²) in [6.45, 7) is 0.894. The molecule has 5 rings (SSSR count). The predicted molar refractivity (Wildman–Crippen MR) is 107 cm³/mol. The van der Waals surface area contributed by atoms with Gasteiger partial charge in [-0.25, -0.2) is 0 Å². The Kier molecular flexibility index (Phi) is 4.63. The van der Waals surface area contributed by atoms with Crippen molar-refractivity contribution in [3.63, 3.8) is 0 Å². The number of rotatable bonds is 4. The molecule has 1 aromatic heterocycles. The minimum Gasteiger partial charge on any atom is -0.459 e. The molecule has 3 heterocycles. The van der Waals surface area contributed by atoms with Crippen molar-refractivity contribution in [1.29, 1.82) is 0 Å². The van der Waals surface area contributed by atoms with Gasteiger partial charge in [0.15, 0.2) is 17.3 Å². The molecule has 2 aliphatic heterocycles. The van der Waals surface area contributed by atoms with Crippen molar-refractivity contribution < 1.29 is 23.5 Å². The fraction of sp³-hybridized carbons (Fsp3) is 0.217. The molecule has 0 radical (unpaired) electrons. The van der Waals surface area contributed by atoms with E-state index >= 15 is 0 Å². The molecular formula is C23H20N2O5. The standard InChI is InChI=1S/C23H20N2O5/c26-22(24-12-15-7-8-19-21(10-15)30-14-29-19)18-11-16-4-1-2-5-17(16)13-25(18)23(27)20-6-3-9-28-20/h1-10,18H,11-14H2,(H,24,26)/t18-/m1/s1. The summed E-state index contributed by atoms with van der Waals surface area (Å²) in [6, 6.07) is 16.1. The summed E-state index contributed by atoms with van der Waals surface area (Å²) in [4.78, 5) is 27.7. The van der Waals surface area contributed by atoms with Crippen LogP contribution in [0.15, 0.2) is 65.3 Å². The summed E-state index contributed by atoms with van der Waals surface area (Å²) >= 11 is 0. The van der Waals surface area contributed by atoms with Crippen molar-refractivity contribution in [2.24, 2.45) is 0 Å². The van der Waals surface area contributed by atoms with Crippen LogP contribution in [0, 0.1) is 0 Å². The number of nitrogens with one attached hydrogen (secondary N) is 1. The molecule has 1 N–H and O–H groups in total. The van der Waals surface area contributed by atoms with E-state index in [-0.39, 0.29) is 24.4 Å². The Morgan fingerprint density at radius 1 is 1.00 bits per heavy atom. The van der Waals surface area contributed by atoms with Crippen LogP contribution in [0.1, 0.15) is 27.2 Å². The van der Waals surface area contributed by atoms with E-state index in [0.29, 0.717) is 31.0 Å². The maximum Gasteiger partial charge on any atom is 0.290 e. The van der Waals surface area contributed by atoms with Gasteiger partial charge in [0.1, 0.15) is 6.04 Å². The quantitative estimate of drug-likeness (QED) is 0.723. The lowest BCUT2D eigenvalue weighted by molar-refractivity contribution is -0.126. The maximum absolute atomic E-state index is 13.1. The smallest absolute Gasteiger partial charge is 0.290 e. The SMILES string of the molecule is O=C(NCc1ccc2c(c1)OCO2)[C@H]1Cc2ccccc2CN1C(=O)c1ccco1. The molecule has 7 nitrogen and oxygen atoms in total. The monoisotopic (exact) mass is 404 g/mol. The first-order valence-electron chi connectivity index (χ1n) is 9.76. The second-order valence-corrected chi connectivity index (χ2v) is 7.30.